The molecule has 0 radical (unpaired) electrons. The number of halogens is 1. The van der Waals surface area contributed by atoms with Gasteiger partial charge in [-0.15, -0.1) is 0 Å². The lowest BCUT2D eigenvalue weighted by Gasteiger charge is -2.07. The molecule has 0 atom stereocenters. The number of esters is 1. The van der Waals surface area contributed by atoms with Gasteiger partial charge in [0.25, 0.3) is 11.8 Å². The number of amides is 2. The molecule has 0 aliphatic rings. The Morgan fingerprint density at radius 1 is 1.04 bits per heavy atom. The number of methoxy groups -OCH3 is 1. The third kappa shape index (κ3) is 5.70. The molecule has 7 heteroatoms. The summed E-state index contributed by atoms with van der Waals surface area (Å²) in [6, 6.07) is 12.3. The lowest BCUT2D eigenvalue weighted by molar-refractivity contribution is -0.148. The van der Waals surface area contributed by atoms with Crippen LogP contribution in [0.1, 0.15) is 22.3 Å². The smallest absolute Gasteiger partial charge is 0.306 e. The zero-order valence-electron chi connectivity index (χ0n) is 14.2. The number of ether oxygens (including phenoxy) is 2. The van der Waals surface area contributed by atoms with Crippen molar-refractivity contribution in [3.05, 3.63) is 65.5 Å². The maximum Gasteiger partial charge on any atom is 0.306 e. The molecule has 2 amide bonds. The fourth-order valence-electron chi connectivity index (χ4n) is 2.13. The molecule has 6 nitrogen and oxygen atoms in total. The van der Waals surface area contributed by atoms with E-state index in [1.54, 1.807) is 30.3 Å². The molecule has 136 valence electrons. The summed E-state index contributed by atoms with van der Waals surface area (Å²) in [6.45, 7) is -0.585. The van der Waals surface area contributed by atoms with E-state index in [0.29, 0.717) is 11.3 Å². The predicted molar refractivity (Wildman–Crippen MR) is 91.1 cm³/mol. The van der Waals surface area contributed by atoms with Gasteiger partial charge < -0.3 is 9.47 Å². The van der Waals surface area contributed by atoms with Gasteiger partial charge >= 0.3 is 5.97 Å². The molecular weight excluding hydrogens is 341 g/mol. The molecule has 0 aromatic heterocycles. The summed E-state index contributed by atoms with van der Waals surface area (Å²) in [7, 11) is 1.50. The first kappa shape index (κ1) is 19.1. The fourth-order valence-corrected chi connectivity index (χ4v) is 2.13. The van der Waals surface area contributed by atoms with E-state index in [-0.39, 0.29) is 18.4 Å². The van der Waals surface area contributed by atoms with Gasteiger partial charge in [0, 0.05) is 12.0 Å². The van der Waals surface area contributed by atoms with Crippen LogP contribution in [0.5, 0.6) is 5.75 Å². The van der Waals surface area contributed by atoms with Gasteiger partial charge in [-0.25, -0.2) is 4.39 Å². The average Bonchev–Trinajstić information content (AvgIpc) is 2.65. The van der Waals surface area contributed by atoms with Gasteiger partial charge in [-0.3, -0.25) is 19.7 Å². The Hall–Kier alpha value is -3.22. The first-order valence-corrected chi connectivity index (χ1v) is 7.87. The van der Waals surface area contributed by atoms with Crippen molar-refractivity contribution in [1.82, 2.24) is 5.32 Å². The Morgan fingerprint density at radius 3 is 2.38 bits per heavy atom. The van der Waals surface area contributed by atoms with E-state index in [2.05, 4.69) is 5.32 Å². The van der Waals surface area contributed by atoms with E-state index in [4.69, 9.17) is 9.47 Å². The summed E-state index contributed by atoms with van der Waals surface area (Å²) >= 11 is 0. The molecule has 0 saturated heterocycles. The summed E-state index contributed by atoms with van der Waals surface area (Å²) < 4.78 is 23.2. The van der Waals surface area contributed by atoms with Crippen molar-refractivity contribution >= 4 is 17.8 Å². The number of imide groups is 1. The van der Waals surface area contributed by atoms with Crippen LogP contribution >= 0.6 is 0 Å². The van der Waals surface area contributed by atoms with Gasteiger partial charge in [0.05, 0.1) is 7.11 Å². The van der Waals surface area contributed by atoms with Crippen LogP contribution in [-0.2, 0) is 20.7 Å². The molecule has 0 aliphatic heterocycles. The van der Waals surface area contributed by atoms with Gasteiger partial charge in [0.15, 0.2) is 6.61 Å². The highest BCUT2D eigenvalue weighted by atomic mass is 19.1. The van der Waals surface area contributed by atoms with Crippen molar-refractivity contribution in [2.75, 3.05) is 13.7 Å². The summed E-state index contributed by atoms with van der Waals surface area (Å²) in [6.07, 6.45) is 0.0958. The highest BCUT2D eigenvalue weighted by Crippen LogP contribution is 2.11. The van der Waals surface area contributed by atoms with Crippen LogP contribution < -0.4 is 10.1 Å². The Morgan fingerprint density at radius 2 is 1.73 bits per heavy atom. The average molecular weight is 359 g/mol. The lowest BCUT2D eigenvalue weighted by atomic mass is 10.1. The summed E-state index contributed by atoms with van der Waals surface area (Å²) in [5.41, 5.74) is 0.661. The van der Waals surface area contributed by atoms with Gasteiger partial charge in [-0.05, 0) is 42.3 Å². The third-order valence-electron chi connectivity index (χ3n) is 3.53. The minimum Gasteiger partial charge on any atom is -0.497 e. The number of rotatable bonds is 7. The van der Waals surface area contributed by atoms with Crippen molar-refractivity contribution in [3.63, 3.8) is 0 Å². The molecule has 26 heavy (non-hydrogen) atoms. The summed E-state index contributed by atoms with van der Waals surface area (Å²) in [5.74, 6) is -1.83. The zero-order chi connectivity index (χ0) is 18.9. The molecule has 0 fully saturated rings. The van der Waals surface area contributed by atoms with Gasteiger partial charge in [0.1, 0.15) is 11.6 Å². The van der Waals surface area contributed by atoms with Crippen molar-refractivity contribution in [2.45, 2.75) is 12.8 Å². The van der Waals surface area contributed by atoms with E-state index in [1.165, 1.54) is 25.3 Å². The summed E-state index contributed by atoms with van der Waals surface area (Å²) in [4.78, 5) is 35.2. The number of hydrogen-bond acceptors (Lipinski definition) is 5. The quantitative estimate of drug-likeness (QED) is 0.767. The number of hydrogen-bond donors (Lipinski definition) is 1. The standard InChI is InChI=1S/C19H18FNO5/c1-25-15-9-6-14(7-10-15)19(24)21-17(22)12-26-18(23)11-8-13-4-2-3-5-16(13)20/h2-7,9-10H,8,11-12H2,1H3,(H,21,22,24). The molecule has 2 aromatic rings. The molecule has 2 rings (SSSR count). The molecule has 2 aromatic carbocycles. The second-order valence-corrected chi connectivity index (χ2v) is 5.36. The Kier molecular flexibility index (Phi) is 6.84. The minimum absolute atomic E-state index is 0.0688. The highest BCUT2D eigenvalue weighted by Gasteiger charge is 2.13. The van der Waals surface area contributed by atoms with Crippen LogP contribution in [0.4, 0.5) is 4.39 Å². The first-order chi connectivity index (χ1) is 12.5. The predicted octanol–water partition coefficient (Wildman–Crippen LogP) is 2.27. The van der Waals surface area contributed by atoms with E-state index in [1.807, 2.05) is 0 Å². The molecule has 0 heterocycles. The first-order valence-electron chi connectivity index (χ1n) is 7.87. The molecular formula is C19H18FNO5. The SMILES string of the molecule is COc1ccc(C(=O)NC(=O)COC(=O)CCc2ccccc2F)cc1. The largest absolute Gasteiger partial charge is 0.497 e. The number of carbonyl (C=O) groups is 3. The van der Waals surface area contributed by atoms with E-state index in [0.717, 1.165) is 0 Å². The molecule has 1 N–H and O–H groups in total. The second kappa shape index (κ2) is 9.31. The monoisotopic (exact) mass is 359 g/mol. The van der Waals surface area contributed by atoms with Crippen LogP contribution in [-0.4, -0.2) is 31.5 Å². The van der Waals surface area contributed by atoms with Crippen molar-refractivity contribution in [2.24, 2.45) is 0 Å². The number of benzene rings is 2. The van der Waals surface area contributed by atoms with Crippen molar-refractivity contribution in [1.29, 1.82) is 0 Å². The normalized spacial score (nSPS) is 10.1. The fraction of sp³-hybridized carbons (Fsp3) is 0.211. The lowest BCUT2D eigenvalue weighted by Crippen LogP contribution is -2.34. The highest BCUT2D eigenvalue weighted by molar-refractivity contribution is 6.05. The molecule has 0 unspecified atom stereocenters. The number of nitrogens with one attached hydrogen (secondary N) is 1. The maximum atomic E-state index is 13.4. The molecule has 0 saturated carbocycles. The molecule has 0 bridgehead atoms. The van der Waals surface area contributed by atoms with E-state index >= 15 is 0 Å². The van der Waals surface area contributed by atoms with Crippen LogP contribution in [0.3, 0.4) is 0 Å². The van der Waals surface area contributed by atoms with Crippen LogP contribution in [0.25, 0.3) is 0 Å². The van der Waals surface area contributed by atoms with Gasteiger partial charge in [-0.2, -0.15) is 0 Å². The maximum absolute atomic E-state index is 13.4. The van der Waals surface area contributed by atoms with E-state index in [9.17, 15) is 18.8 Å². The van der Waals surface area contributed by atoms with Gasteiger partial charge in [-0.1, -0.05) is 18.2 Å². The number of aryl methyl sites for hydroxylation is 1. The zero-order valence-corrected chi connectivity index (χ0v) is 14.2. The van der Waals surface area contributed by atoms with E-state index < -0.39 is 30.2 Å². The van der Waals surface area contributed by atoms with Crippen LogP contribution in [0.15, 0.2) is 48.5 Å². The van der Waals surface area contributed by atoms with Crippen molar-refractivity contribution < 1.29 is 28.2 Å². The number of carbonyl (C=O) groups excluding carboxylic acids is 3. The Labute approximate surface area is 149 Å². The van der Waals surface area contributed by atoms with Gasteiger partial charge in [0.2, 0.25) is 0 Å². The summed E-state index contributed by atoms with van der Waals surface area (Å²) in [5, 5.41) is 2.12. The molecule has 0 spiro atoms. The van der Waals surface area contributed by atoms with Crippen LogP contribution in [0, 0.1) is 5.82 Å². The molecule has 0 aliphatic carbocycles. The Bertz CT molecular complexity index is 789. The topological polar surface area (TPSA) is 81.7 Å². The Balaban J connectivity index is 1.74. The van der Waals surface area contributed by atoms with Crippen LogP contribution in [0.2, 0.25) is 0 Å². The second-order valence-electron chi connectivity index (χ2n) is 5.36. The minimum atomic E-state index is -0.745. The third-order valence-corrected chi connectivity index (χ3v) is 3.53. The van der Waals surface area contributed by atoms with Crippen molar-refractivity contribution in [3.8, 4) is 5.75 Å².